The van der Waals surface area contributed by atoms with Gasteiger partial charge in [-0.1, -0.05) is 28.9 Å². The molecule has 3 heterocycles. The number of nitrogens with one attached hydrogen (secondary N) is 4. The van der Waals surface area contributed by atoms with E-state index >= 15 is 0 Å². The number of halogens is 4. The third kappa shape index (κ3) is 7.91. The predicted molar refractivity (Wildman–Crippen MR) is 179 cm³/mol. The van der Waals surface area contributed by atoms with Crippen molar-refractivity contribution in [2.75, 3.05) is 21.3 Å². The summed E-state index contributed by atoms with van der Waals surface area (Å²) in [6.45, 7) is 0. The highest BCUT2D eigenvalue weighted by atomic mass is 35.5. The molecule has 6 aromatic rings. The van der Waals surface area contributed by atoms with Gasteiger partial charge in [0.15, 0.2) is 0 Å². The average Bonchev–Trinajstić information content (AvgIpc) is 3.79. The van der Waals surface area contributed by atoms with Gasteiger partial charge in [-0.3, -0.25) is 14.6 Å². The van der Waals surface area contributed by atoms with E-state index in [0.29, 0.717) is 22.4 Å². The lowest BCUT2D eigenvalue weighted by Crippen LogP contribution is -2.20. The van der Waals surface area contributed by atoms with Crippen LogP contribution in [0, 0.1) is 0 Å². The number of carbonyl (C=O) groups is 3. The van der Waals surface area contributed by atoms with Crippen molar-refractivity contribution < 1.29 is 32.1 Å². The van der Waals surface area contributed by atoms with E-state index in [9.17, 15) is 27.6 Å². The predicted octanol–water partition coefficient (Wildman–Crippen LogP) is 8.68. The zero-order chi connectivity index (χ0) is 34.5. The van der Waals surface area contributed by atoms with Crippen molar-refractivity contribution in [3.05, 3.63) is 124 Å². The van der Waals surface area contributed by atoms with Crippen LogP contribution in [0.25, 0.3) is 22.8 Å². The van der Waals surface area contributed by atoms with E-state index in [2.05, 4.69) is 36.4 Å². The zero-order valence-electron chi connectivity index (χ0n) is 24.7. The van der Waals surface area contributed by atoms with Gasteiger partial charge in [-0.15, -0.1) is 11.3 Å². The Morgan fingerprint density at radius 2 is 1.57 bits per heavy atom. The molecule has 0 saturated carbocycles. The summed E-state index contributed by atoms with van der Waals surface area (Å²) in [4.78, 5) is 46.1. The molecule has 0 unspecified atom stereocenters. The van der Waals surface area contributed by atoms with Crippen LogP contribution < -0.4 is 21.3 Å². The fraction of sp³-hybridized carbons (Fsp3) is 0.0303. The Hall–Kier alpha value is -6.06. The standard InChI is InChI=1S/C33H21ClF3N7O4S/c34-25-16-22(39-29(45)19-5-2-12-38-17-19)8-10-23(25)28-43-31(48-44-28)18-4-1-6-20(14-18)40-32(47)41-21-9-11-26(24(15-21)33(35,36)37)42-30(46)27-7-3-13-49-27/h1-17H,(H,39,45)(H,42,46)(H2,40,41,47). The Balaban J connectivity index is 1.12. The molecular formula is C33H21ClF3N7O4S. The molecular weight excluding hydrogens is 683 g/mol. The molecule has 0 radical (unpaired) electrons. The maximum atomic E-state index is 13.8. The van der Waals surface area contributed by atoms with Gasteiger partial charge in [-0.2, -0.15) is 18.2 Å². The minimum atomic E-state index is -4.81. The topological polar surface area (TPSA) is 151 Å². The molecule has 0 saturated heterocycles. The molecule has 0 spiro atoms. The van der Waals surface area contributed by atoms with Crippen LogP contribution in [-0.2, 0) is 6.18 Å². The highest BCUT2D eigenvalue weighted by Crippen LogP contribution is 2.37. The molecule has 0 atom stereocenters. The maximum absolute atomic E-state index is 13.8. The summed E-state index contributed by atoms with van der Waals surface area (Å²) in [5.41, 5.74) is 0.213. The summed E-state index contributed by atoms with van der Waals surface area (Å²) in [7, 11) is 0. The molecule has 3 aromatic carbocycles. The van der Waals surface area contributed by atoms with Gasteiger partial charge in [0.1, 0.15) is 0 Å². The van der Waals surface area contributed by atoms with Crippen molar-refractivity contribution in [2.45, 2.75) is 6.18 Å². The van der Waals surface area contributed by atoms with Gasteiger partial charge >= 0.3 is 12.2 Å². The molecule has 6 rings (SSSR count). The van der Waals surface area contributed by atoms with Crippen molar-refractivity contribution in [2.24, 2.45) is 0 Å². The molecule has 3 aromatic heterocycles. The second kappa shape index (κ2) is 14.0. The summed E-state index contributed by atoms with van der Waals surface area (Å²) in [5, 5.41) is 15.8. The van der Waals surface area contributed by atoms with Crippen LogP contribution >= 0.6 is 22.9 Å². The number of hydrogen-bond acceptors (Lipinski definition) is 8. The molecule has 0 aliphatic rings. The van der Waals surface area contributed by atoms with Crippen molar-refractivity contribution in [3.8, 4) is 22.8 Å². The van der Waals surface area contributed by atoms with Crippen LogP contribution in [0.5, 0.6) is 0 Å². The Morgan fingerprint density at radius 3 is 2.29 bits per heavy atom. The number of carbonyl (C=O) groups excluding carboxylic acids is 3. The number of nitrogens with zero attached hydrogens (tertiary/aromatic N) is 3. The van der Waals surface area contributed by atoms with Crippen molar-refractivity contribution in [1.29, 1.82) is 0 Å². The lowest BCUT2D eigenvalue weighted by molar-refractivity contribution is -0.136. The number of thiophene rings is 1. The SMILES string of the molecule is O=C(Nc1cccc(-c2nc(-c3ccc(NC(=O)c4cccnc4)cc3Cl)no2)c1)Nc1ccc(NC(=O)c2cccs2)c(C(F)(F)F)c1. The fourth-order valence-electron chi connectivity index (χ4n) is 4.51. The lowest BCUT2D eigenvalue weighted by atomic mass is 10.1. The van der Waals surface area contributed by atoms with E-state index in [1.165, 1.54) is 30.5 Å². The number of amides is 4. The van der Waals surface area contributed by atoms with E-state index < -0.39 is 29.4 Å². The Morgan fingerprint density at radius 1 is 0.796 bits per heavy atom. The van der Waals surface area contributed by atoms with Gasteiger partial charge in [-0.05, 0) is 78.2 Å². The second-order valence-corrected chi connectivity index (χ2v) is 11.5. The fourth-order valence-corrected chi connectivity index (χ4v) is 5.39. The first kappa shape index (κ1) is 32.9. The Bertz CT molecular complexity index is 2160. The van der Waals surface area contributed by atoms with Gasteiger partial charge in [0.2, 0.25) is 5.82 Å². The number of urea groups is 1. The van der Waals surface area contributed by atoms with Gasteiger partial charge in [0.05, 0.1) is 26.7 Å². The van der Waals surface area contributed by atoms with Crippen LogP contribution in [-0.4, -0.2) is 33.0 Å². The van der Waals surface area contributed by atoms with E-state index in [1.54, 1.807) is 60.1 Å². The van der Waals surface area contributed by atoms with Crippen LogP contribution in [0.2, 0.25) is 5.02 Å². The first-order valence-corrected chi connectivity index (χ1v) is 15.4. The number of rotatable bonds is 8. The highest BCUT2D eigenvalue weighted by molar-refractivity contribution is 7.12. The number of alkyl halides is 3. The van der Waals surface area contributed by atoms with Gasteiger partial charge in [0.25, 0.3) is 17.7 Å². The van der Waals surface area contributed by atoms with Gasteiger partial charge < -0.3 is 25.8 Å². The third-order valence-electron chi connectivity index (χ3n) is 6.76. The van der Waals surface area contributed by atoms with Crippen LogP contribution in [0.3, 0.4) is 0 Å². The summed E-state index contributed by atoms with van der Waals surface area (Å²) in [6.07, 6.45) is -1.82. The first-order chi connectivity index (χ1) is 23.5. The van der Waals surface area contributed by atoms with E-state index in [-0.39, 0.29) is 38.9 Å². The third-order valence-corrected chi connectivity index (χ3v) is 7.94. The Kier molecular flexibility index (Phi) is 9.37. The highest BCUT2D eigenvalue weighted by Gasteiger charge is 2.34. The molecule has 49 heavy (non-hydrogen) atoms. The summed E-state index contributed by atoms with van der Waals surface area (Å²) in [6, 6.07) is 19.7. The molecule has 0 aliphatic carbocycles. The largest absolute Gasteiger partial charge is 0.418 e. The second-order valence-electron chi connectivity index (χ2n) is 10.2. The molecule has 0 bridgehead atoms. The number of anilines is 4. The van der Waals surface area contributed by atoms with E-state index in [1.807, 2.05) is 0 Å². The van der Waals surface area contributed by atoms with E-state index in [4.69, 9.17) is 16.1 Å². The number of pyridine rings is 1. The smallest absolute Gasteiger partial charge is 0.334 e. The van der Waals surface area contributed by atoms with Crippen LogP contribution in [0.4, 0.5) is 40.7 Å². The summed E-state index contributed by atoms with van der Waals surface area (Å²) < 4.78 is 46.9. The zero-order valence-corrected chi connectivity index (χ0v) is 26.3. The molecule has 4 amide bonds. The Labute approximate surface area is 284 Å². The molecule has 4 N–H and O–H groups in total. The first-order valence-electron chi connectivity index (χ1n) is 14.1. The molecule has 0 aliphatic heterocycles. The monoisotopic (exact) mass is 703 g/mol. The molecule has 246 valence electrons. The summed E-state index contributed by atoms with van der Waals surface area (Å²) in [5.74, 6) is -0.785. The maximum Gasteiger partial charge on any atom is 0.418 e. The molecule has 16 heteroatoms. The minimum absolute atomic E-state index is 0.0964. The lowest BCUT2D eigenvalue weighted by Gasteiger charge is -2.16. The van der Waals surface area contributed by atoms with Gasteiger partial charge in [0, 0.05) is 40.6 Å². The van der Waals surface area contributed by atoms with Gasteiger partial charge in [-0.25, -0.2) is 4.79 Å². The summed E-state index contributed by atoms with van der Waals surface area (Å²) >= 11 is 7.55. The van der Waals surface area contributed by atoms with Crippen LogP contribution in [0.15, 0.2) is 107 Å². The van der Waals surface area contributed by atoms with Crippen LogP contribution in [0.1, 0.15) is 25.6 Å². The van der Waals surface area contributed by atoms with Crippen molar-refractivity contribution in [3.63, 3.8) is 0 Å². The molecule has 0 fully saturated rings. The average molecular weight is 704 g/mol. The quantitative estimate of drug-likeness (QED) is 0.124. The minimum Gasteiger partial charge on any atom is -0.334 e. The number of benzene rings is 3. The number of aromatic nitrogens is 3. The normalized spacial score (nSPS) is 11.1. The molecule has 11 nitrogen and oxygen atoms in total. The van der Waals surface area contributed by atoms with Crippen molar-refractivity contribution >= 4 is 63.5 Å². The van der Waals surface area contributed by atoms with Crippen molar-refractivity contribution in [1.82, 2.24) is 15.1 Å². The van der Waals surface area contributed by atoms with E-state index in [0.717, 1.165) is 23.5 Å². The number of hydrogen-bond donors (Lipinski definition) is 4.